The topological polar surface area (TPSA) is 55.4 Å². The van der Waals surface area contributed by atoms with Crippen molar-refractivity contribution in [1.29, 1.82) is 0 Å². The number of hydrogen-bond acceptors (Lipinski definition) is 3. The smallest absolute Gasteiger partial charge is 0.224 e. The van der Waals surface area contributed by atoms with Crippen molar-refractivity contribution < 1.29 is 14.3 Å². The molecule has 1 atom stereocenters. The first-order valence-electron chi connectivity index (χ1n) is 7.17. The van der Waals surface area contributed by atoms with Crippen LogP contribution in [0.3, 0.4) is 0 Å². The molecule has 1 aliphatic rings. The highest BCUT2D eigenvalue weighted by atomic mass is 16.5. The highest BCUT2D eigenvalue weighted by molar-refractivity contribution is 5.95. The van der Waals surface area contributed by atoms with Crippen LogP contribution in [-0.4, -0.2) is 24.4 Å². The molecule has 1 amide bonds. The van der Waals surface area contributed by atoms with Gasteiger partial charge in [-0.05, 0) is 56.9 Å². The van der Waals surface area contributed by atoms with E-state index >= 15 is 0 Å². The molecule has 1 aromatic rings. The van der Waals surface area contributed by atoms with Gasteiger partial charge >= 0.3 is 0 Å². The molecule has 0 aliphatic carbocycles. The zero-order valence-electron chi connectivity index (χ0n) is 11.9. The second kappa shape index (κ2) is 7.20. The molecule has 2 rings (SSSR count). The van der Waals surface area contributed by atoms with E-state index in [4.69, 9.17) is 4.74 Å². The van der Waals surface area contributed by atoms with E-state index < -0.39 is 0 Å². The third-order valence-corrected chi connectivity index (χ3v) is 3.54. The van der Waals surface area contributed by atoms with Crippen LogP contribution in [-0.2, 0) is 9.53 Å². The van der Waals surface area contributed by atoms with Crippen LogP contribution in [0, 0.1) is 0 Å². The number of anilines is 1. The number of ether oxygens (including phenoxy) is 1. The Labute approximate surface area is 119 Å². The van der Waals surface area contributed by atoms with Crippen LogP contribution in [0.4, 0.5) is 5.69 Å². The fourth-order valence-corrected chi connectivity index (χ4v) is 2.34. The third kappa shape index (κ3) is 4.46. The monoisotopic (exact) mass is 275 g/mol. The lowest BCUT2D eigenvalue weighted by atomic mass is 10.0. The Morgan fingerprint density at radius 2 is 2.00 bits per heavy atom. The van der Waals surface area contributed by atoms with Crippen molar-refractivity contribution in [2.75, 3.05) is 11.9 Å². The second-order valence-corrected chi connectivity index (χ2v) is 5.21. The summed E-state index contributed by atoms with van der Waals surface area (Å²) in [5, 5.41) is 2.84. The van der Waals surface area contributed by atoms with E-state index in [0.29, 0.717) is 12.0 Å². The summed E-state index contributed by atoms with van der Waals surface area (Å²) >= 11 is 0. The molecule has 0 spiro atoms. The summed E-state index contributed by atoms with van der Waals surface area (Å²) in [6, 6.07) is 6.96. The van der Waals surface area contributed by atoms with Crippen LogP contribution in [0.15, 0.2) is 24.3 Å². The molecule has 20 heavy (non-hydrogen) atoms. The summed E-state index contributed by atoms with van der Waals surface area (Å²) in [4.78, 5) is 23.0. The van der Waals surface area contributed by atoms with Crippen molar-refractivity contribution in [2.45, 2.75) is 45.1 Å². The predicted molar refractivity (Wildman–Crippen MR) is 77.9 cm³/mol. The fraction of sp³-hybridized carbons (Fsp3) is 0.500. The number of hydrogen-bond donors (Lipinski definition) is 1. The van der Waals surface area contributed by atoms with Gasteiger partial charge in [0.25, 0.3) is 0 Å². The molecule has 0 saturated carbocycles. The Morgan fingerprint density at radius 1 is 1.25 bits per heavy atom. The molecular formula is C16H21NO3. The van der Waals surface area contributed by atoms with Crippen molar-refractivity contribution >= 4 is 17.4 Å². The highest BCUT2D eigenvalue weighted by Crippen LogP contribution is 2.17. The lowest BCUT2D eigenvalue weighted by Crippen LogP contribution is -2.21. The summed E-state index contributed by atoms with van der Waals surface area (Å²) in [5.41, 5.74) is 1.38. The lowest BCUT2D eigenvalue weighted by Gasteiger charge is -2.22. The van der Waals surface area contributed by atoms with Gasteiger partial charge in [0.15, 0.2) is 5.78 Å². The van der Waals surface area contributed by atoms with Crippen molar-refractivity contribution in [3.63, 3.8) is 0 Å². The first-order valence-corrected chi connectivity index (χ1v) is 7.17. The molecule has 4 heteroatoms. The zero-order valence-corrected chi connectivity index (χ0v) is 11.9. The van der Waals surface area contributed by atoms with E-state index in [1.165, 1.54) is 13.3 Å². The number of benzene rings is 1. The number of carbonyl (C=O) groups is 2. The molecule has 1 saturated heterocycles. The predicted octanol–water partition coefficient (Wildman–Crippen LogP) is 3.18. The third-order valence-electron chi connectivity index (χ3n) is 3.54. The summed E-state index contributed by atoms with van der Waals surface area (Å²) in [6.07, 6.45) is 4.86. The average molecular weight is 275 g/mol. The minimum atomic E-state index is -0.00486. The van der Waals surface area contributed by atoms with Crippen LogP contribution in [0.5, 0.6) is 0 Å². The van der Waals surface area contributed by atoms with E-state index in [1.807, 2.05) is 0 Å². The first-order chi connectivity index (χ1) is 9.65. The molecule has 1 unspecified atom stereocenters. The van der Waals surface area contributed by atoms with Crippen LogP contribution in [0.25, 0.3) is 0 Å². The maximum atomic E-state index is 11.8. The van der Waals surface area contributed by atoms with E-state index in [1.54, 1.807) is 24.3 Å². The van der Waals surface area contributed by atoms with Crippen LogP contribution >= 0.6 is 0 Å². The number of rotatable bonds is 5. The molecule has 1 heterocycles. The van der Waals surface area contributed by atoms with Gasteiger partial charge in [0.2, 0.25) is 5.91 Å². The molecule has 108 valence electrons. The minimum Gasteiger partial charge on any atom is -0.378 e. The molecule has 1 aromatic carbocycles. The number of ketones is 1. The van der Waals surface area contributed by atoms with Crippen LogP contribution in [0.2, 0.25) is 0 Å². The van der Waals surface area contributed by atoms with Gasteiger partial charge in [-0.25, -0.2) is 0 Å². The van der Waals surface area contributed by atoms with Gasteiger partial charge in [-0.3, -0.25) is 9.59 Å². The van der Waals surface area contributed by atoms with Gasteiger partial charge in [-0.2, -0.15) is 0 Å². The van der Waals surface area contributed by atoms with Gasteiger partial charge in [-0.1, -0.05) is 0 Å². The maximum Gasteiger partial charge on any atom is 0.224 e. The van der Waals surface area contributed by atoms with E-state index in [2.05, 4.69) is 5.32 Å². The van der Waals surface area contributed by atoms with Crippen LogP contribution < -0.4 is 5.32 Å². The minimum absolute atomic E-state index is 0.00486. The van der Waals surface area contributed by atoms with Gasteiger partial charge < -0.3 is 10.1 Å². The Balaban J connectivity index is 1.77. The normalized spacial score (nSPS) is 18.6. The number of Topliss-reactive ketones (excluding diaryl/α,β-unsaturated/α-hetero) is 1. The Hall–Kier alpha value is -1.68. The van der Waals surface area contributed by atoms with Gasteiger partial charge in [0.05, 0.1) is 6.10 Å². The molecule has 1 fully saturated rings. The summed E-state index contributed by atoms with van der Waals surface area (Å²) in [7, 11) is 0. The first kappa shape index (κ1) is 14.7. The molecule has 1 N–H and O–H groups in total. The van der Waals surface area contributed by atoms with E-state index in [-0.39, 0.29) is 17.8 Å². The second-order valence-electron chi connectivity index (χ2n) is 5.21. The standard InChI is InChI=1S/C16H21NO3/c1-12(18)13-5-7-14(8-6-13)17-16(19)10-9-15-4-2-3-11-20-15/h5-8,15H,2-4,9-11H2,1H3,(H,17,19). The van der Waals surface area contributed by atoms with Crippen LogP contribution in [0.1, 0.15) is 49.4 Å². The van der Waals surface area contributed by atoms with E-state index in [0.717, 1.165) is 31.6 Å². The average Bonchev–Trinajstić information content (AvgIpc) is 2.47. The summed E-state index contributed by atoms with van der Waals surface area (Å²) < 4.78 is 5.60. The van der Waals surface area contributed by atoms with Gasteiger partial charge in [0, 0.05) is 24.3 Å². The molecule has 1 aliphatic heterocycles. The van der Waals surface area contributed by atoms with Gasteiger partial charge in [0.1, 0.15) is 0 Å². The summed E-state index contributed by atoms with van der Waals surface area (Å²) in [6.45, 7) is 2.34. The van der Waals surface area contributed by atoms with E-state index in [9.17, 15) is 9.59 Å². The highest BCUT2D eigenvalue weighted by Gasteiger charge is 2.15. The van der Waals surface area contributed by atoms with Gasteiger partial charge in [-0.15, -0.1) is 0 Å². The Kier molecular flexibility index (Phi) is 5.30. The molecule has 0 bridgehead atoms. The molecule has 0 aromatic heterocycles. The zero-order chi connectivity index (χ0) is 14.4. The Bertz CT molecular complexity index is 461. The fourth-order valence-electron chi connectivity index (χ4n) is 2.34. The Morgan fingerprint density at radius 3 is 2.60 bits per heavy atom. The van der Waals surface area contributed by atoms with Crippen molar-refractivity contribution in [3.8, 4) is 0 Å². The number of carbonyl (C=O) groups excluding carboxylic acids is 2. The number of nitrogens with one attached hydrogen (secondary N) is 1. The quantitative estimate of drug-likeness (QED) is 0.840. The molecular weight excluding hydrogens is 254 g/mol. The van der Waals surface area contributed by atoms with Crippen molar-refractivity contribution in [1.82, 2.24) is 0 Å². The molecule has 0 radical (unpaired) electrons. The SMILES string of the molecule is CC(=O)c1ccc(NC(=O)CCC2CCCCO2)cc1. The largest absolute Gasteiger partial charge is 0.378 e. The van der Waals surface area contributed by atoms with Crippen molar-refractivity contribution in [2.24, 2.45) is 0 Å². The lowest BCUT2D eigenvalue weighted by molar-refractivity contribution is -0.117. The maximum absolute atomic E-state index is 11.8. The summed E-state index contributed by atoms with van der Waals surface area (Å²) in [5.74, 6) is 0.0204. The molecule has 4 nitrogen and oxygen atoms in total. The number of amides is 1. The van der Waals surface area contributed by atoms with Crippen molar-refractivity contribution in [3.05, 3.63) is 29.8 Å².